The van der Waals surface area contributed by atoms with Gasteiger partial charge in [-0.15, -0.1) is 11.3 Å². The van der Waals surface area contributed by atoms with Gasteiger partial charge in [0.15, 0.2) is 0 Å². The third kappa shape index (κ3) is 5.95. The fraction of sp³-hybridized carbons (Fsp3) is 0.480. The zero-order valence-electron chi connectivity index (χ0n) is 19.2. The van der Waals surface area contributed by atoms with Crippen molar-refractivity contribution in [3.05, 3.63) is 51.3 Å². The first-order valence-corrected chi connectivity index (χ1v) is 12.7. The quantitative estimate of drug-likeness (QED) is 0.540. The minimum atomic E-state index is -0.392. The molecule has 2 fully saturated rings. The summed E-state index contributed by atoms with van der Waals surface area (Å²) in [6, 6.07) is 8.11. The summed E-state index contributed by atoms with van der Waals surface area (Å²) in [6.07, 6.45) is 10.2. The van der Waals surface area contributed by atoms with E-state index in [0.717, 1.165) is 40.7 Å². The molecule has 0 N–H and O–H groups in total. The van der Waals surface area contributed by atoms with E-state index in [4.69, 9.17) is 11.6 Å². The number of piperazine rings is 1. The van der Waals surface area contributed by atoms with Gasteiger partial charge in [-0.05, 0) is 73.4 Å². The number of thiophene rings is 1. The highest BCUT2D eigenvalue weighted by molar-refractivity contribution is 7.16. The molecule has 4 rings (SSSR count). The number of hydrogen-bond donors (Lipinski definition) is 0. The molecule has 2 aliphatic rings. The second kappa shape index (κ2) is 10.7. The lowest BCUT2D eigenvalue weighted by molar-refractivity contribution is -0.156. The highest BCUT2D eigenvalue weighted by Gasteiger charge is 2.34. The van der Waals surface area contributed by atoms with Crippen LogP contribution in [0.3, 0.4) is 0 Å². The smallest absolute Gasteiger partial charge is 0.312 e. The van der Waals surface area contributed by atoms with Gasteiger partial charge in [-0.3, -0.25) is 9.59 Å². The van der Waals surface area contributed by atoms with E-state index in [1.807, 2.05) is 49.5 Å². The van der Waals surface area contributed by atoms with E-state index in [1.165, 1.54) is 16.9 Å². The Bertz CT molecular complexity index is 1010. The van der Waals surface area contributed by atoms with E-state index in [1.54, 1.807) is 9.80 Å². The number of carbonyl (C=O) groups excluding carboxylic acids is 2. The number of anilines is 1. The van der Waals surface area contributed by atoms with E-state index in [0.29, 0.717) is 38.0 Å². The molecule has 176 valence electrons. The standard InChI is InChI=1S/C25H31ClN4O2S/c1-28(2)23-16-20(11-12-27-23)19-7-5-18(6-8-19)17-30-15-14-29(24(31)25(30)32)13-3-4-21-9-10-22(26)33-21/h3-4,9-12,16,18-19H,5-8,13-15,17H2,1-2H3. The number of nitrogens with zero attached hydrogens (tertiary/aromatic N) is 4. The fourth-order valence-corrected chi connectivity index (χ4v) is 5.69. The first-order chi connectivity index (χ1) is 15.9. The van der Waals surface area contributed by atoms with Crippen LogP contribution in [0, 0.1) is 5.92 Å². The Morgan fingerprint density at radius 2 is 1.82 bits per heavy atom. The molecule has 0 atom stereocenters. The topological polar surface area (TPSA) is 56.8 Å². The largest absolute Gasteiger partial charge is 0.363 e. The Labute approximate surface area is 204 Å². The molecule has 0 bridgehead atoms. The fourth-order valence-electron chi connectivity index (χ4n) is 4.70. The van der Waals surface area contributed by atoms with Crippen LogP contribution < -0.4 is 4.90 Å². The van der Waals surface area contributed by atoms with Crippen LogP contribution in [-0.2, 0) is 9.59 Å². The first kappa shape index (κ1) is 23.8. The average Bonchev–Trinajstić information content (AvgIpc) is 3.24. The third-order valence-electron chi connectivity index (χ3n) is 6.62. The molecule has 33 heavy (non-hydrogen) atoms. The average molecular weight is 487 g/mol. The summed E-state index contributed by atoms with van der Waals surface area (Å²) in [7, 11) is 4.02. The number of amides is 2. The summed E-state index contributed by atoms with van der Waals surface area (Å²) in [4.78, 5) is 36.2. The number of pyridine rings is 1. The summed E-state index contributed by atoms with van der Waals surface area (Å²) in [5.74, 6) is 1.24. The van der Waals surface area contributed by atoms with Gasteiger partial charge in [0, 0.05) is 51.3 Å². The van der Waals surface area contributed by atoms with Gasteiger partial charge < -0.3 is 14.7 Å². The molecule has 2 aromatic heterocycles. The van der Waals surface area contributed by atoms with Crippen LogP contribution in [0.5, 0.6) is 0 Å². The number of halogens is 1. The Balaban J connectivity index is 1.25. The van der Waals surface area contributed by atoms with Gasteiger partial charge in [0.25, 0.3) is 0 Å². The zero-order chi connectivity index (χ0) is 23.4. The van der Waals surface area contributed by atoms with Gasteiger partial charge >= 0.3 is 11.8 Å². The van der Waals surface area contributed by atoms with Gasteiger partial charge in [-0.25, -0.2) is 4.98 Å². The van der Waals surface area contributed by atoms with Crippen molar-refractivity contribution in [3.63, 3.8) is 0 Å². The third-order valence-corrected chi connectivity index (χ3v) is 7.82. The van der Waals surface area contributed by atoms with E-state index in [2.05, 4.69) is 17.1 Å². The van der Waals surface area contributed by atoms with Crippen molar-refractivity contribution in [2.45, 2.75) is 31.6 Å². The molecule has 1 aliphatic carbocycles. The molecule has 6 nitrogen and oxygen atoms in total. The van der Waals surface area contributed by atoms with Crippen molar-refractivity contribution < 1.29 is 9.59 Å². The van der Waals surface area contributed by atoms with Crippen molar-refractivity contribution in [1.82, 2.24) is 14.8 Å². The van der Waals surface area contributed by atoms with Gasteiger partial charge in [0.2, 0.25) is 0 Å². The molecule has 8 heteroatoms. The molecule has 1 saturated heterocycles. The maximum Gasteiger partial charge on any atom is 0.312 e. The number of hydrogen-bond acceptors (Lipinski definition) is 5. The summed E-state index contributed by atoms with van der Waals surface area (Å²) in [6.45, 7) is 2.33. The van der Waals surface area contributed by atoms with E-state index in [9.17, 15) is 9.59 Å². The summed E-state index contributed by atoms with van der Waals surface area (Å²) >= 11 is 7.44. The molecule has 2 amide bonds. The lowest BCUT2D eigenvalue weighted by Gasteiger charge is -2.37. The summed E-state index contributed by atoms with van der Waals surface area (Å²) < 4.78 is 0.739. The van der Waals surface area contributed by atoms with Crippen LogP contribution >= 0.6 is 22.9 Å². The second-order valence-electron chi connectivity index (χ2n) is 9.11. The van der Waals surface area contributed by atoms with Crippen LogP contribution in [-0.4, -0.2) is 66.9 Å². The highest BCUT2D eigenvalue weighted by atomic mass is 35.5. The first-order valence-electron chi connectivity index (χ1n) is 11.5. The minimum absolute atomic E-state index is 0.360. The molecule has 1 aliphatic heterocycles. The van der Waals surface area contributed by atoms with Crippen LogP contribution in [0.15, 0.2) is 36.5 Å². The second-order valence-corrected chi connectivity index (χ2v) is 10.9. The predicted octanol–water partition coefficient (Wildman–Crippen LogP) is 4.52. The lowest BCUT2D eigenvalue weighted by Crippen LogP contribution is -2.55. The Morgan fingerprint density at radius 1 is 1.09 bits per heavy atom. The maximum atomic E-state index is 12.7. The van der Waals surface area contributed by atoms with E-state index >= 15 is 0 Å². The van der Waals surface area contributed by atoms with Crippen LogP contribution in [0.4, 0.5) is 5.82 Å². The van der Waals surface area contributed by atoms with Crippen molar-refractivity contribution in [1.29, 1.82) is 0 Å². The van der Waals surface area contributed by atoms with Crippen molar-refractivity contribution in [3.8, 4) is 0 Å². The number of rotatable bonds is 7. The van der Waals surface area contributed by atoms with Crippen LogP contribution in [0.2, 0.25) is 4.34 Å². The predicted molar refractivity (Wildman–Crippen MR) is 135 cm³/mol. The minimum Gasteiger partial charge on any atom is -0.363 e. The van der Waals surface area contributed by atoms with Crippen molar-refractivity contribution in [2.24, 2.45) is 5.92 Å². The molecular formula is C25H31ClN4O2S. The Hall–Kier alpha value is -2.38. The normalized spacial score (nSPS) is 21.8. The summed E-state index contributed by atoms with van der Waals surface area (Å²) in [5, 5.41) is 0. The van der Waals surface area contributed by atoms with Crippen LogP contribution in [0.25, 0.3) is 6.08 Å². The van der Waals surface area contributed by atoms with Gasteiger partial charge in [-0.1, -0.05) is 17.7 Å². The summed E-state index contributed by atoms with van der Waals surface area (Å²) in [5.41, 5.74) is 1.35. The monoisotopic (exact) mass is 486 g/mol. The Morgan fingerprint density at radius 3 is 2.52 bits per heavy atom. The molecule has 0 spiro atoms. The molecule has 0 unspecified atom stereocenters. The number of aromatic nitrogens is 1. The molecule has 2 aromatic rings. The van der Waals surface area contributed by atoms with Gasteiger partial charge in [0.1, 0.15) is 5.82 Å². The van der Waals surface area contributed by atoms with Crippen molar-refractivity contribution in [2.75, 3.05) is 45.2 Å². The van der Waals surface area contributed by atoms with E-state index < -0.39 is 5.91 Å². The number of carbonyl (C=O) groups is 2. The molecule has 0 radical (unpaired) electrons. The SMILES string of the molecule is CN(C)c1cc(C2CCC(CN3CCN(CC=Cc4ccc(Cl)s4)C(=O)C3=O)CC2)ccn1. The maximum absolute atomic E-state index is 12.7. The molecule has 1 saturated carbocycles. The van der Waals surface area contributed by atoms with Gasteiger partial charge in [0.05, 0.1) is 4.34 Å². The molecular weight excluding hydrogens is 456 g/mol. The zero-order valence-corrected chi connectivity index (χ0v) is 20.8. The van der Waals surface area contributed by atoms with Gasteiger partial charge in [-0.2, -0.15) is 0 Å². The molecule has 3 heterocycles. The highest BCUT2D eigenvalue weighted by Crippen LogP contribution is 2.37. The lowest BCUT2D eigenvalue weighted by atomic mass is 9.78. The van der Waals surface area contributed by atoms with Crippen molar-refractivity contribution >= 4 is 46.6 Å². The van der Waals surface area contributed by atoms with Crippen LogP contribution in [0.1, 0.15) is 42.0 Å². The molecule has 0 aromatic carbocycles. The Kier molecular flexibility index (Phi) is 7.71. The van der Waals surface area contributed by atoms with E-state index in [-0.39, 0.29) is 5.91 Å².